The van der Waals surface area contributed by atoms with Gasteiger partial charge in [0.15, 0.2) is 0 Å². The third-order valence-corrected chi connectivity index (χ3v) is 7.52. The highest BCUT2D eigenvalue weighted by atomic mass is 19.4. The number of nitrogens with zero attached hydrogens (tertiary/aromatic N) is 1. The van der Waals surface area contributed by atoms with Gasteiger partial charge in [-0.25, -0.2) is 0 Å². The Labute approximate surface area is 192 Å². The maximum atomic E-state index is 12.9. The molecule has 1 aliphatic heterocycles. The number of nitrogens with one attached hydrogen (secondary N) is 1. The number of aromatic hydroxyl groups is 1. The van der Waals surface area contributed by atoms with Crippen molar-refractivity contribution in [1.29, 1.82) is 0 Å². The van der Waals surface area contributed by atoms with Crippen molar-refractivity contribution < 1.29 is 23.4 Å². The summed E-state index contributed by atoms with van der Waals surface area (Å²) < 4.78 is 38.6. The minimum absolute atomic E-state index is 0.136. The summed E-state index contributed by atoms with van der Waals surface area (Å²) in [4.78, 5) is 2.44. The fraction of sp³-hybridized carbons (Fsp3) is 0.583. The normalized spacial score (nSPS) is 31.2. The number of halogens is 3. The zero-order valence-corrected chi connectivity index (χ0v) is 19.1. The monoisotopic (exact) mass is 466 g/mol. The first-order valence-corrected chi connectivity index (χ1v) is 11.4. The van der Waals surface area contributed by atoms with Crippen molar-refractivity contribution in [2.24, 2.45) is 16.9 Å². The number of phenolic OH excluding ortho intramolecular Hbond substituents is 1. The molecule has 0 aromatic heterocycles. The van der Waals surface area contributed by atoms with E-state index in [0.717, 1.165) is 57.8 Å². The molecule has 1 heterocycles. The van der Waals surface area contributed by atoms with Crippen molar-refractivity contribution in [1.82, 2.24) is 10.2 Å². The van der Waals surface area contributed by atoms with Crippen LogP contribution in [0.5, 0.6) is 5.75 Å². The van der Waals surface area contributed by atoms with Crippen molar-refractivity contribution >= 4 is 5.70 Å². The largest absolute Gasteiger partial charge is 0.507 e. The Morgan fingerprint density at radius 3 is 2.42 bits per heavy atom. The number of hydrogen-bond donors (Lipinski definition) is 5. The molecule has 4 fully saturated rings. The maximum Gasteiger partial charge on any atom is 0.416 e. The van der Waals surface area contributed by atoms with E-state index in [0.29, 0.717) is 28.4 Å². The molecule has 1 saturated heterocycles. The Bertz CT molecular complexity index is 982. The molecule has 3 saturated carbocycles. The Balaban J connectivity index is 1.43. The highest BCUT2D eigenvalue weighted by molar-refractivity contribution is 5.73. The number of alkyl halides is 3. The zero-order valence-electron chi connectivity index (χ0n) is 19.1. The number of rotatable bonds is 6. The highest BCUT2D eigenvalue weighted by Gasteiger charge is 2.67. The lowest BCUT2D eigenvalue weighted by atomic mass is 9.41. The molecular formula is C24H33F3N4O2. The van der Waals surface area contributed by atoms with Crippen LogP contribution in [0.4, 0.5) is 13.2 Å². The summed E-state index contributed by atoms with van der Waals surface area (Å²) in [5.41, 5.74) is 13.1. The quantitative estimate of drug-likeness (QED) is 0.412. The van der Waals surface area contributed by atoms with Crippen LogP contribution in [0.3, 0.4) is 0 Å². The standard InChI is InChI=1S/C24H33F3N4O2/c1-14(20(28)18-6-5-16(8-19(18)32)24(25,26)27)15(2)21(29)30-17-4-3-7-31(9-17)13-22-10-23(33,11-22)12-22/h5-6,8,17,30,32-33H,3-4,7,9-13,28-29H2,1-2H3/b20-14-,21-15+. The summed E-state index contributed by atoms with van der Waals surface area (Å²) in [6.07, 6.45) is 0.237. The van der Waals surface area contributed by atoms with E-state index in [9.17, 15) is 23.4 Å². The molecule has 2 bridgehead atoms. The maximum absolute atomic E-state index is 12.9. The van der Waals surface area contributed by atoms with Gasteiger partial charge in [0.1, 0.15) is 5.75 Å². The second-order valence-electron chi connectivity index (χ2n) is 10.3. The third-order valence-electron chi connectivity index (χ3n) is 7.52. The number of allylic oxidation sites excluding steroid dienone is 2. The minimum Gasteiger partial charge on any atom is -0.507 e. The van der Waals surface area contributed by atoms with Crippen molar-refractivity contribution in [3.05, 3.63) is 46.3 Å². The smallest absolute Gasteiger partial charge is 0.416 e. The van der Waals surface area contributed by atoms with Crippen LogP contribution in [0.25, 0.3) is 5.70 Å². The third kappa shape index (κ3) is 4.66. The van der Waals surface area contributed by atoms with Crippen molar-refractivity contribution in [2.45, 2.75) is 63.8 Å². The lowest BCUT2D eigenvalue weighted by Crippen LogP contribution is -2.70. The Morgan fingerprint density at radius 2 is 1.85 bits per heavy atom. The molecule has 1 unspecified atom stereocenters. The van der Waals surface area contributed by atoms with Crippen LogP contribution in [0.2, 0.25) is 0 Å². The van der Waals surface area contributed by atoms with Crippen molar-refractivity contribution in [2.75, 3.05) is 19.6 Å². The van der Waals surface area contributed by atoms with Gasteiger partial charge in [0.05, 0.1) is 17.0 Å². The number of nitrogens with two attached hydrogens (primary N) is 2. The Kier molecular flexibility index (Phi) is 5.85. The molecule has 1 aromatic rings. The summed E-state index contributed by atoms with van der Waals surface area (Å²) in [5, 5.41) is 23.5. The molecule has 4 aliphatic rings. The lowest BCUT2D eigenvalue weighted by Gasteiger charge is -2.69. The molecule has 3 aliphatic carbocycles. The molecule has 6 nitrogen and oxygen atoms in total. The average molecular weight is 467 g/mol. The van der Waals surface area contributed by atoms with Crippen LogP contribution >= 0.6 is 0 Å². The second kappa shape index (κ2) is 8.13. The van der Waals surface area contributed by atoms with Gasteiger partial charge < -0.3 is 31.9 Å². The fourth-order valence-electron chi connectivity index (χ4n) is 5.77. The summed E-state index contributed by atoms with van der Waals surface area (Å²) >= 11 is 0. The minimum atomic E-state index is -4.54. The predicted molar refractivity (Wildman–Crippen MR) is 121 cm³/mol. The fourth-order valence-corrected chi connectivity index (χ4v) is 5.77. The van der Waals surface area contributed by atoms with Crippen molar-refractivity contribution in [3.63, 3.8) is 0 Å². The van der Waals surface area contributed by atoms with Crippen LogP contribution in [-0.2, 0) is 6.18 Å². The van der Waals surface area contributed by atoms with Gasteiger partial charge in [-0.2, -0.15) is 13.2 Å². The summed E-state index contributed by atoms with van der Waals surface area (Å²) in [6.45, 7) is 6.45. The van der Waals surface area contributed by atoms with Gasteiger partial charge in [-0.15, -0.1) is 0 Å². The number of aliphatic hydroxyl groups is 1. The van der Waals surface area contributed by atoms with Gasteiger partial charge in [-0.05, 0) is 87.3 Å². The molecule has 9 heteroatoms. The van der Waals surface area contributed by atoms with Gasteiger partial charge in [0, 0.05) is 30.4 Å². The van der Waals surface area contributed by atoms with Crippen LogP contribution in [0.15, 0.2) is 35.2 Å². The highest BCUT2D eigenvalue weighted by Crippen LogP contribution is 2.67. The van der Waals surface area contributed by atoms with E-state index in [-0.39, 0.29) is 22.9 Å². The number of hydrogen-bond acceptors (Lipinski definition) is 6. The van der Waals surface area contributed by atoms with Crippen LogP contribution in [0, 0.1) is 5.41 Å². The predicted octanol–water partition coefficient (Wildman–Crippen LogP) is 3.26. The van der Waals surface area contributed by atoms with Crippen molar-refractivity contribution in [3.8, 4) is 5.75 Å². The van der Waals surface area contributed by atoms with E-state index in [1.807, 2.05) is 0 Å². The van der Waals surface area contributed by atoms with E-state index in [2.05, 4.69) is 10.2 Å². The first-order valence-electron chi connectivity index (χ1n) is 11.4. The van der Waals surface area contributed by atoms with E-state index in [1.54, 1.807) is 13.8 Å². The van der Waals surface area contributed by atoms with Crippen LogP contribution in [0.1, 0.15) is 57.1 Å². The van der Waals surface area contributed by atoms with Gasteiger partial charge >= 0.3 is 6.18 Å². The molecule has 7 N–H and O–H groups in total. The van der Waals surface area contributed by atoms with Gasteiger partial charge in [0.2, 0.25) is 0 Å². The number of benzene rings is 1. The number of likely N-dealkylation sites (tertiary alicyclic amines) is 1. The zero-order chi connectivity index (χ0) is 24.2. The summed E-state index contributed by atoms with van der Waals surface area (Å²) in [5.74, 6) is -0.0595. The summed E-state index contributed by atoms with van der Waals surface area (Å²) in [7, 11) is 0. The second-order valence-corrected chi connectivity index (χ2v) is 10.3. The first-order chi connectivity index (χ1) is 15.3. The average Bonchev–Trinajstić information content (AvgIpc) is 2.69. The van der Waals surface area contributed by atoms with Gasteiger partial charge in [-0.1, -0.05) is 0 Å². The Hall–Kier alpha value is -2.39. The molecule has 5 rings (SSSR count). The molecule has 0 spiro atoms. The van der Waals surface area contributed by atoms with E-state index in [1.165, 1.54) is 6.07 Å². The topological polar surface area (TPSA) is 108 Å². The molecule has 0 radical (unpaired) electrons. The van der Waals surface area contributed by atoms with Crippen LogP contribution in [-0.4, -0.2) is 46.4 Å². The first kappa shape index (κ1) is 23.8. The van der Waals surface area contributed by atoms with E-state index in [4.69, 9.17) is 11.5 Å². The van der Waals surface area contributed by atoms with E-state index < -0.39 is 17.5 Å². The molecule has 1 aromatic carbocycles. The number of piperidine rings is 1. The molecule has 1 atom stereocenters. The van der Waals surface area contributed by atoms with Gasteiger partial charge in [0.25, 0.3) is 0 Å². The lowest BCUT2D eigenvalue weighted by molar-refractivity contribution is -0.265. The summed E-state index contributed by atoms with van der Waals surface area (Å²) in [6, 6.07) is 2.93. The Morgan fingerprint density at radius 1 is 1.18 bits per heavy atom. The SMILES string of the molecule is CC(=C(/N)c1ccc(C(F)(F)F)cc1O)/C(C)=C(\N)NC1CCCN(CC23CC(O)(C2)C3)C1. The van der Waals surface area contributed by atoms with Crippen LogP contribution < -0.4 is 16.8 Å². The van der Waals surface area contributed by atoms with Gasteiger partial charge in [-0.3, -0.25) is 0 Å². The number of phenols is 1. The molecular weight excluding hydrogens is 433 g/mol. The molecule has 0 amide bonds. The molecule has 182 valence electrons. The molecule has 33 heavy (non-hydrogen) atoms. The van der Waals surface area contributed by atoms with E-state index >= 15 is 0 Å².